The summed E-state index contributed by atoms with van der Waals surface area (Å²) in [7, 11) is 0. The molecule has 0 fully saturated rings. The number of unbranched alkanes of at least 4 members (excludes halogenated alkanes) is 1. The maximum Gasteiger partial charge on any atom is 0.305 e. The minimum atomic E-state index is -0.110. The average molecular weight is 377 g/mol. The zero-order chi connectivity index (χ0) is 19.9. The third kappa shape index (κ3) is 4.89. The molecule has 0 radical (unpaired) electrons. The summed E-state index contributed by atoms with van der Waals surface area (Å²) in [5, 5.41) is 0. The number of esters is 1. The van der Waals surface area contributed by atoms with Gasteiger partial charge in [-0.1, -0.05) is 36.4 Å². The molecule has 0 amide bonds. The van der Waals surface area contributed by atoms with Gasteiger partial charge >= 0.3 is 5.97 Å². The number of hydrogen-bond acceptors (Lipinski definition) is 3. The lowest BCUT2D eigenvalue weighted by Gasteiger charge is -2.10. The van der Waals surface area contributed by atoms with Crippen molar-refractivity contribution in [3.8, 4) is 0 Å². The molecule has 2 aromatic carbocycles. The van der Waals surface area contributed by atoms with E-state index in [-0.39, 0.29) is 5.97 Å². The van der Waals surface area contributed by atoms with Gasteiger partial charge in [0.2, 0.25) is 0 Å². The van der Waals surface area contributed by atoms with E-state index >= 15 is 0 Å². The lowest BCUT2D eigenvalue weighted by molar-refractivity contribution is -0.143. The monoisotopic (exact) mass is 376 g/mol. The number of fused-ring (bicyclic) bond motifs is 1. The van der Waals surface area contributed by atoms with Gasteiger partial charge in [0.15, 0.2) is 0 Å². The van der Waals surface area contributed by atoms with Gasteiger partial charge in [0, 0.05) is 6.42 Å². The summed E-state index contributed by atoms with van der Waals surface area (Å²) in [5.74, 6) is 0.748. The van der Waals surface area contributed by atoms with Crippen molar-refractivity contribution in [1.82, 2.24) is 9.97 Å². The van der Waals surface area contributed by atoms with Gasteiger partial charge in [-0.3, -0.25) is 4.79 Å². The first kappa shape index (κ1) is 19.9. The molecule has 0 saturated carbocycles. The first-order chi connectivity index (χ1) is 13.6. The van der Waals surface area contributed by atoms with E-state index in [9.17, 15) is 4.79 Å². The van der Waals surface area contributed by atoms with E-state index in [0.717, 1.165) is 41.7 Å². The molecule has 4 nitrogen and oxygen atoms in total. The molecular formula is C24H28N2O2. The Kier molecular flexibility index (Phi) is 6.64. The first-order valence-corrected chi connectivity index (χ1v) is 9.96. The maximum absolute atomic E-state index is 11.5. The molecule has 1 aromatic heterocycles. The van der Waals surface area contributed by atoms with Gasteiger partial charge in [-0.05, 0) is 74.4 Å². The van der Waals surface area contributed by atoms with Gasteiger partial charge in [0.05, 0.1) is 17.6 Å². The molecule has 0 aliphatic carbocycles. The summed E-state index contributed by atoms with van der Waals surface area (Å²) in [6.07, 6.45) is 7.25. The van der Waals surface area contributed by atoms with Crippen LogP contribution < -0.4 is 0 Å². The molecule has 1 heterocycles. The number of rotatable bonds is 8. The standard InChI is InChI=1S/C24H28N2O2/c1-4-28-23(27)13-9-8-12-20-18(3)17(2)16-21-24(20)26-22(25-21)15-14-19-10-6-5-7-11-19/h5-7,10-11,14-16H,4,8-9,12-13H2,1-3H3,(H,25,26)/b15-14+. The lowest BCUT2D eigenvalue weighted by Crippen LogP contribution is -2.04. The highest BCUT2D eigenvalue weighted by molar-refractivity contribution is 5.83. The summed E-state index contributed by atoms with van der Waals surface area (Å²) in [6.45, 7) is 6.58. The van der Waals surface area contributed by atoms with Gasteiger partial charge in [0.25, 0.3) is 0 Å². The van der Waals surface area contributed by atoms with Gasteiger partial charge in [-0.25, -0.2) is 4.98 Å². The predicted molar refractivity (Wildman–Crippen MR) is 115 cm³/mol. The van der Waals surface area contributed by atoms with Crippen LogP contribution in [0.4, 0.5) is 0 Å². The molecule has 0 unspecified atom stereocenters. The SMILES string of the molecule is CCOC(=O)CCCCc1c(C)c(C)cc2[nH]c(/C=C/c3ccccc3)nc12. The van der Waals surface area contributed by atoms with E-state index in [1.165, 1.54) is 16.7 Å². The molecule has 0 spiro atoms. The summed E-state index contributed by atoms with van der Waals surface area (Å²) in [4.78, 5) is 19.8. The van der Waals surface area contributed by atoms with Gasteiger partial charge in [-0.2, -0.15) is 0 Å². The molecule has 0 atom stereocenters. The Hall–Kier alpha value is -2.88. The van der Waals surface area contributed by atoms with E-state index in [1.807, 2.05) is 31.2 Å². The van der Waals surface area contributed by atoms with Gasteiger partial charge in [0.1, 0.15) is 5.82 Å². The van der Waals surface area contributed by atoms with Crippen LogP contribution in [0.2, 0.25) is 0 Å². The molecule has 3 aromatic rings. The number of H-pyrrole nitrogens is 1. The van der Waals surface area contributed by atoms with Crippen LogP contribution in [0.1, 0.15) is 54.3 Å². The third-order valence-electron chi connectivity index (χ3n) is 5.04. The minimum absolute atomic E-state index is 0.110. The molecule has 3 rings (SSSR count). The van der Waals surface area contributed by atoms with Crippen LogP contribution in [0, 0.1) is 13.8 Å². The van der Waals surface area contributed by atoms with Crippen molar-refractivity contribution in [2.75, 3.05) is 6.61 Å². The second kappa shape index (κ2) is 9.36. The normalized spacial score (nSPS) is 11.4. The predicted octanol–water partition coefficient (Wildman–Crippen LogP) is 5.63. The smallest absolute Gasteiger partial charge is 0.305 e. The molecule has 146 valence electrons. The number of benzene rings is 2. The van der Waals surface area contributed by atoms with Crippen molar-refractivity contribution in [3.63, 3.8) is 0 Å². The highest BCUT2D eigenvalue weighted by Crippen LogP contribution is 2.26. The Bertz CT molecular complexity index is 971. The Morgan fingerprint density at radius 1 is 1.14 bits per heavy atom. The van der Waals surface area contributed by atoms with Crippen LogP contribution in [0.15, 0.2) is 36.4 Å². The Morgan fingerprint density at radius 2 is 1.93 bits per heavy atom. The summed E-state index contributed by atoms with van der Waals surface area (Å²) >= 11 is 0. The van der Waals surface area contributed by atoms with Crippen molar-refractivity contribution < 1.29 is 9.53 Å². The Balaban J connectivity index is 1.77. The van der Waals surface area contributed by atoms with Crippen LogP contribution in [0.5, 0.6) is 0 Å². The van der Waals surface area contributed by atoms with E-state index in [4.69, 9.17) is 9.72 Å². The molecule has 0 aliphatic heterocycles. The number of carbonyl (C=O) groups is 1. The molecule has 0 aliphatic rings. The number of carbonyl (C=O) groups excluding carboxylic acids is 1. The van der Waals surface area contributed by atoms with Crippen LogP contribution in [-0.2, 0) is 16.0 Å². The fraction of sp³-hybridized carbons (Fsp3) is 0.333. The molecule has 28 heavy (non-hydrogen) atoms. The highest BCUT2D eigenvalue weighted by atomic mass is 16.5. The van der Waals surface area contributed by atoms with Gasteiger partial charge in [-0.15, -0.1) is 0 Å². The topological polar surface area (TPSA) is 55.0 Å². The van der Waals surface area contributed by atoms with E-state index in [0.29, 0.717) is 13.0 Å². The number of aromatic amines is 1. The number of nitrogens with zero attached hydrogens (tertiary/aromatic N) is 1. The average Bonchev–Trinajstić information content (AvgIpc) is 3.09. The van der Waals surface area contributed by atoms with Crippen molar-refractivity contribution in [1.29, 1.82) is 0 Å². The van der Waals surface area contributed by atoms with E-state index in [2.05, 4.69) is 43.1 Å². The summed E-state index contributed by atoms with van der Waals surface area (Å²) < 4.78 is 5.01. The molecule has 1 N–H and O–H groups in total. The summed E-state index contributed by atoms with van der Waals surface area (Å²) in [5.41, 5.74) is 7.07. The minimum Gasteiger partial charge on any atom is -0.466 e. The van der Waals surface area contributed by atoms with Crippen LogP contribution in [0.3, 0.4) is 0 Å². The van der Waals surface area contributed by atoms with Crippen molar-refractivity contribution in [3.05, 3.63) is 64.5 Å². The quantitative estimate of drug-likeness (QED) is 0.410. The first-order valence-electron chi connectivity index (χ1n) is 9.96. The number of aromatic nitrogens is 2. The lowest BCUT2D eigenvalue weighted by atomic mass is 9.97. The molecule has 0 saturated heterocycles. The fourth-order valence-electron chi connectivity index (χ4n) is 3.41. The molecule has 0 bridgehead atoms. The van der Waals surface area contributed by atoms with Crippen molar-refractivity contribution >= 4 is 29.2 Å². The third-order valence-corrected chi connectivity index (χ3v) is 5.04. The number of hydrogen-bond donors (Lipinski definition) is 1. The number of ether oxygens (including phenoxy) is 1. The largest absolute Gasteiger partial charge is 0.466 e. The zero-order valence-electron chi connectivity index (χ0n) is 16.9. The Morgan fingerprint density at radius 3 is 2.68 bits per heavy atom. The molecular weight excluding hydrogens is 348 g/mol. The zero-order valence-corrected chi connectivity index (χ0v) is 16.9. The molecule has 4 heteroatoms. The van der Waals surface area contributed by atoms with Crippen LogP contribution >= 0.6 is 0 Å². The van der Waals surface area contributed by atoms with E-state index in [1.54, 1.807) is 0 Å². The van der Waals surface area contributed by atoms with Gasteiger partial charge < -0.3 is 9.72 Å². The van der Waals surface area contributed by atoms with Crippen LogP contribution in [-0.4, -0.2) is 22.5 Å². The number of imidazole rings is 1. The second-order valence-corrected chi connectivity index (χ2v) is 7.07. The summed E-state index contributed by atoms with van der Waals surface area (Å²) in [6, 6.07) is 12.4. The fourth-order valence-corrected chi connectivity index (χ4v) is 3.41. The van der Waals surface area contributed by atoms with Crippen molar-refractivity contribution in [2.24, 2.45) is 0 Å². The van der Waals surface area contributed by atoms with Crippen molar-refractivity contribution in [2.45, 2.75) is 46.5 Å². The highest BCUT2D eigenvalue weighted by Gasteiger charge is 2.12. The van der Waals surface area contributed by atoms with E-state index < -0.39 is 0 Å². The number of aryl methyl sites for hydroxylation is 2. The number of nitrogens with one attached hydrogen (secondary N) is 1. The maximum atomic E-state index is 11.5. The van der Waals surface area contributed by atoms with Crippen LogP contribution in [0.25, 0.3) is 23.2 Å². The Labute approximate surface area is 166 Å². The second-order valence-electron chi connectivity index (χ2n) is 7.07.